The lowest BCUT2D eigenvalue weighted by molar-refractivity contribution is -0.114. The molecular formula is C23H22ClN7OS. The van der Waals surface area contributed by atoms with Crippen LogP contribution in [0.4, 0.5) is 5.82 Å². The summed E-state index contributed by atoms with van der Waals surface area (Å²) in [5, 5.41) is 11.5. The molecule has 168 valence electrons. The number of hydrazone groups is 1. The van der Waals surface area contributed by atoms with Gasteiger partial charge in [0.05, 0.1) is 17.3 Å². The number of rotatable bonds is 6. The molecule has 0 spiro atoms. The summed E-state index contributed by atoms with van der Waals surface area (Å²) in [6.07, 6.45) is 8.14. The van der Waals surface area contributed by atoms with Gasteiger partial charge in [0.2, 0.25) is 5.91 Å². The Morgan fingerprint density at radius 2 is 2.12 bits per heavy atom. The third-order valence-corrected chi connectivity index (χ3v) is 7.16. The molecule has 2 aliphatic rings. The number of nitrogens with zero attached hydrogens (tertiary/aromatic N) is 4. The second-order valence-electron chi connectivity index (χ2n) is 7.76. The highest BCUT2D eigenvalue weighted by atomic mass is 35.5. The largest absolute Gasteiger partial charge is 0.349 e. The quantitative estimate of drug-likeness (QED) is 0.493. The fourth-order valence-corrected chi connectivity index (χ4v) is 5.64. The Labute approximate surface area is 200 Å². The fraction of sp³-hybridized carbons (Fsp3) is 0.217. The number of aromatic nitrogens is 3. The molecule has 0 bridgehead atoms. The Balaban J connectivity index is 1.56. The Morgan fingerprint density at radius 1 is 1.27 bits per heavy atom. The normalized spacial score (nSPS) is 18.5. The first-order valence-corrected chi connectivity index (χ1v) is 11.7. The molecule has 0 radical (unpaired) electrons. The molecule has 0 saturated carbocycles. The van der Waals surface area contributed by atoms with Crippen molar-refractivity contribution in [1.29, 1.82) is 0 Å². The van der Waals surface area contributed by atoms with E-state index < -0.39 is 0 Å². The van der Waals surface area contributed by atoms with Crippen molar-refractivity contribution in [3.05, 3.63) is 87.9 Å². The third kappa shape index (κ3) is 4.60. The van der Waals surface area contributed by atoms with Gasteiger partial charge in [0.15, 0.2) is 5.84 Å². The minimum absolute atomic E-state index is 0.0565. The van der Waals surface area contributed by atoms with Crippen LogP contribution >= 0.6 is 23.4 Å². The minimum Gasteiger partial charge on any atom is -0.349 e. The maximum atomic E-state index is 11.5. The smallest absolute Gasteiger partial charge is 0.222 e. The van der Waals surface area contributed by atoms with Crippen molar-refractivity contribution in [2.75, 3.05) is 12.0 Å². The first-order valence-electron chi connectivity index (χ1n) is 10.5. The molecule has 1 aromatic carbocycles. The van der Waals surface area contributed by atoms with Crippen LogP contribution in [0.15, 0.2) is 76.9 Å². The highest BCUT2D eigenvalue weighted by Crippen LogP contribution is 2.52. The summed E-state index contributed by atoms with van der Waals surface area (Å²) < 4.78 is 2.11. The average Bonchev–Trinajstić information content (AvgIpc) is 3.57. The zero-order valence-electron chi connectivity index (χ0n) is 17.8. The van der Waals surface area contributed by atoms with Gasteiger partial charge in [-0.25, -0.2) is 9.97 Å². The molecule has 3 aromatic rings. The first kappa shape index (κ1) is 21.5. The van der Waals surface area contributed by atoms with E-state index in [1.54, 1.807) is 24.2 Å². The van der Waals surface area contributed by atoms with E-state index >= 15 is 0 Å². The van der Waals surface area contributed by atoms with Crippen LogP contribution in [0.2, 0.25) is 5.02 Å². The number of pyridine rings is 1. The summed E-state index contributed by atoms with van der Waals surface area (Å²) in [5.74, 6) is 1.25. The number of hydrogen-bond acceptors (Lipinski definition) is 7. The number of anilines is 1. The van der Waals surface area contributed by atoms with E-state index in [0.29, 0.717) is 17.5 Å². The highest BCUT2D eigenvalue weighted by Gasteiger charge is 2.35. The number of halogens is 1. The van der Waals surface area contributed by atoms with E-state index in [-0.39, 0.29) is 17.2 Å². The van der Waals surface area contributed by atoms with Gasteiger partial charge in [-0.1, -0.05) is 23.7 Å². The molecule has 1 amide bonds. The second-order valence-corrected chi connectivity index (χ2v) is 9.41. The van der Waals surface area contributed by atoms with E-state index in [1.807, 2.05) is 36.8 Å². The number of amides is 1. The molecule has 0 fully saturated rings. The number of benzene rings is 1. The maximum Gasteiger partial charge on any atom is 0.222 e. The molecule has 8 nitrogen and oxygen atoms in total. The SMILES string of the molecule is CC(=O)Nc1cc(C2CC(C(c3ccc(Cl)cc3)n3ccnc3)=C(C3=NNCN3)S2)ccn1. The molecule has 2 aliphatic heterocycles. The summed E-state index contributed by atoms with van der Waals surface area (Å²) in [4.78, 5) is 21.2. The van der Waals surface area contributed by atoms with Crippen molar-refractivity contribution in [2.24, 2.45) is 5.10 Å². The van der Waals surface area contributed by atoms with Gasteiger partial charge in [0.1, 0.15) is 12.5 Å². The van der Waals surface area contributed by atoms with Gasteiger partial charge in [0.25, 0.3) is 0 Å². The van der Waals surface area contributed by atoms with Gasteiger partial charge in [-0.15, -0.1) is 11.8 Å². The van der Waals surface area contributed by atoms with Gasteiger partial charge in [-0.05, 0) is 47.4 Å². The van der Waals surface area contributed by atoms with Crippen molar-refractivity contribution in [1.82, 2.24) is 25.3 Å². The lowest BCUT2D eigenvalue weighted by Gasteiger charge is -2.22. The predicted octanol–water partition coefficient (Wildman–Crippen LogP) is 4.08. The number of nitrogens with one attached hydrogen (secondary N) is 3. The summed E-state index contributed by atoms with van der Waals surface area (Å²) in [6, 6.07) is 11.8. The zero-order valence-corrected chi connectivity index (χ0v) is 19.4. The van der Waals surface area contributed by atoms with Crippen molar-refractivity contribution in [3.63, 3.8) is 0 Å². The number of amidine groups is 1. The predicted molar refractivity (Wildman–Crippen MR) is 131 cm³/mol. The topological polar surface area (TPSA) is 96.2 Å². The number of thioether (sulfide) groups is 1. The molecule has 10 heteroatoms. The van der Waals surface area contributed by atoms with Crippen LogP contribution < -0.4 is 16.1 Å². The van der Waals surface area contributed by atoms with Crippen LogP contribution in [-0.4, -0.2) is 32.9 Å². The number of imidazole rings is 1. The number of carbonyl (C=O) groups excluding carboxylic acids is 1. The van der Waals surface area contributed by atoms with Gasteiger partial charge in [-0.3, -0.25) is 10.2 Å². The number of hydrogen-bond donors (Lipinski definition) is 3. The standard InChI is InChI=1S/C23H22ClN7OS/c1-14(32)29-20-10-16(6-7-26-20)19-11-18(22(33-19)23-27-12-28-30-23)21(31-9-8-25-13-31)15-2-4-17(24)5-3-15/h2-10,13,19,21,28H,11-12H2,1H3,(H,27,30)(H,26,29,32). The summed E-state index contributed by atoms with van der Waals surface area (Å²) in [7, 11) is 0. The van der Waals surface area contributed by atoms with E-state index in [1.165, 1.54) is 12.5 Å². The van der Waals surface area contributed by atoms with Gasteiger partial charge in [-0.2, -0.15) is 5.10 Å². The number of carbonyl (C=O) groups is 1. The summed E-state index contributed by atoms with van der Waals surface area (Å²) in [6.45, 7) is 2.07. The van der Waals surface area contributed by atoms with E-state index in [4.69, 9.17) is 11.6 Å². The molecule has 2 aromatic heterocycles. The van der Waals surface area contributed by atoms with Gasteiger partial charge in [0, 0.05) is 35.8 Å². The Kier molecular flexibility index (Phi) is 6.06. The van der Waals surface area contributed by atoms with Crippen molar-refractivity contribution in [2.45, 2.75) is 24.6 Å². The average molecular weight is 480 g/mol. The van der Waals surface area contributed by atoms with Crippen LogP contribution in [0.5, 0.6) is 0 Å². The number of allylic oxidation sites excluding steroid dienone is 1. The van der Waals surface area contributed by atoms with Crippen LogP contribution in [0.1, 0.15) is 35.8 Å². The Morgan fingerprint density at radius 3 is 2.82 bits per heavy atom. The van der Waals surface area contributed by atoms with E-state index in [9.17, 15) is 4.79 Å². The van der Waals surface area contributed by atoms with Crippen molar-refractivity contribution in [3.8, 4) is 0 Å². The molecular weight excluding hydrogens is 458 g/mol. The van der Waals surface area contributed by atoms with Crippen LogP contribution in [0, 0.1) is 0 Å². The van der Waals surface area contributed by atoms with Crippen molar-refractivity contribution < 1.29 is 4.79 Å². The summed E-state index contributed by atoms with van der Waals surface area (Å²) >= 11 is 7.94. The van der Waals surface area contributed by atoms with E-state index in [2.05, 4.69) is 47.8 Å². The highest BCUT2D eigenvalue weighted by molar-refractivity contribution is 8.04. The third-order valence-electron chi connectivity index (χ3n) is 5.50. The lowest BCUT2D eigenvalue weighted by atomic mass is 9.92. The Bertz CT molecular complexity index is 1220. The molecule has 2 unspecified atom stereocenters. The van der Waals surface area contributed by atoms with Gasteiger partial charge >= 0.3 is 0 Å². The zero-order chi connectivity index (χ0) is 22.8. The molecule has 2 atom stereocenters. The Hall–Kier alpha value is -3.30. The van der Waals surface area contributed by atoms with Gasteiger partial charge < -0.3 is 15.2 Å². The minimum atomic E-state index is -0.142. The monoisotopic (exact) mass is 479 g/mol. The molecule has 4 heterocycles. The maximum absolute atomic E-state index is 11.5. The van der Waals surface area contributed by atoms with Crippen LogP contribution in [0.25, 0.3) is 0 Å². The van der Waals surface area contributed by atoms with Crippen LogP contribution in [-0.2, 0) is 4.79 Å². The first-order chi connectivity index (χ1) is 16.1. The molecule has 0 aliphatic carbocycles. The van der Waals surface area contributed by atoms with Crippen LogP contribution in [0.3, 0.4) is 0 Å². The summed E-state index contributed by atoms with van der Waals surface area (Å²) in [5.41, 5.74) is 6.46. The van der Waals surface area contributed by atoms with Crippen molar-refractivity contribution >= 4 is 40.9 Å². The second kappa shape index (κ2) is 9.29. The molecule has 0 saturated heterocycles. The molecule has 3 N–H and O–H groups in total. The van der Waals surface area contributed by atoms with E-state index in [0.717, 1.165) is 28.3 Å². The lowest BCUT2D eigenvalue weighted by Crippen LogP contribution is -2.23. The molecule has 5 rings (SSSR count). The molecule has 33 heavy (non-hydrogen) atoms. The fourth-order valence-electron chi connectivity index (χ4n) is 4.11.